The van der Waals surface area contributed by atoms with E-state index in [9.17, 15) is 14.0 Å². The molecule has 0 bridgehead atoms. The molecule has 17 heavy (non-hydrogen) atoms. The van der Waals surface area contributed by atoms with E-state index in [-0.39, 0.29) is 16.7 Å². The van der Waals surface area contributed by atoms with E-state index >= 15 is 0 Å². The Bertz CT molecular complexity index is 466. The van der Waals surface area contributed by atoms with Gasteiger partial charge in [0.25, 0.3) is 5.91 Å². The number of nitrogens with zero attached hydrogens (tertiary/aromatic N) is 1. The highest BCUT2D eigenvalue weighted by atomic mass is 35.5. The van der Waals surface area contributed by atoms with Crippen LogP contribution in [-0.4, -0.2) is 29.7 Å². The molecule has 0 unspecified atom stereocenters. The molecule has 5 heteroatoms. The first kappa shape index (κ1) is 12.0. The molecule has 1 aliphatic rings. The summed E-state index contributed by atoms with van der Waals surface area (Å²) in [7, 11) is 0. The monoisotopic (exact) mass is 255 g/mol. The average Bonchev–Trinajstić information content (AvgIpc) is 2.33. The van der Waals surface area contributed by atoms with Crippen LogP contribution in [0.1, 0.15) is 23.2 Å². The highest BCUT2D eigenvalue weighted by molar-refractivity contribution is 6.31. The number of likely N-dealkylation sites (tertiary alicyclic amines) is 1. The molecule has 0 aliphatic carbocycles. The third-order valence-electron chi connectivity index (χ3n) is 2.77. The summed E-state index contributed by atoms with van der Waals surface area (Å²) in [6, 6.07) is 3.89. The Labute approximate surface area is 103 Å². The first-order valence-electron chi connectivity index (χ1n) is 5.34. The predicted octanol–water partition coefficient (Wildman–Crippen LogP) is 2.28. The van der Waals surface area contributed by atoms with Crippen LogP contribution in [0.25, 0.3) is 0 Å². The number of ketones is 1. The van der Waals surface area contributed by atoms with Gasteiger partial charge in [-0.2, -0.15) is 0 Å². The minimum atomic E-state index is -0.544. The van der Waals surface area contributed by atoms with Gasteiger partial charge in [0.05, 0.1) is 5.02 Å². The fraction of sp³-hybridized carbons (Fsp3) is 0.333. The first-order chi connectivity index (χ1) is 8.08. The van der Waals surface area contributed by atoms with Crippen molar-refractivity contribution in [2.45, 2.75) is 12.8 Å². The number of rotatable bonds is 1. The average molecular weight is 256 g/mol. The van der Waals surface area contributed by atoms with E-state index in [1.807, 2.05) is 0 Å². The Morgan fingerprint density at radius 2 is 1.94 bits per heavy atom. The Hall–Kier alpha value is -1.42. The van der Waals surface area contributed by atoms with E-state index in [1.54, 1.807) is 4.90 Å². The molecule has 0 aromatic heterocycles. The Kier molecular flexibility index (Phi) is 3.43. The lowest BCUT2D eigenvalue weighted by Crippen LogP contribution is -2.38. The molecular formula is C12H11ClFNO2. The molecule has 1 fully saturated rings. The van der Waals surface area contributed by atoms with Crippen LogP contribution in [0.2, 0.25) is 5.02 Å². The molecule has 0 atom stereocenters. The third kappa shape index (κ3) is 2.64. The van der Waals surface area contributed by atoms with E-state index in [1.165, 1.54) is 18.2 Å². The van der Waals surface area contributed by atoms with Gasteiger partial charge in [0.2, 0.25) is 0 Å². The summed E-state index contributed by atoms with van der Waals surface area (Å²) in [5.41, 5.74) is 0.353. The normalized spacial score (nSPS) is 16.1. The van der Waals surface area contributed by atoms with Crippen LogP contribution in [0.15, 0.2) is 18.2 Å². The molecule has 90 valence electrons. The zero-order valence-electron chi connectivity index (χ0n) is 9.08. The number of hydrogen-bond donors (Lipinski definition) is 0. The zero-order valence-corrected chi connectivity index (χ0v) is 9.84. The van der Waals surface area contributed by atoms with Crippen LogP contribution < -0.4 is 0 Å². The van der Waals surface area contributed by atoms with Crippen LogP contribution in [-0.2, 0) is 4.79 Å². The van der Waals surface area contributed by atoms with E-state index in [0.717, 1.165) is 0 Å². The number of hydrogen-bond acceptors (Lipinski definition) is 2. The zero-order chi connectivity index (χ0) is 12.4. The van der Waals surface area contributed by atoms with Crippen LogP contribution >= 0.6 is 11.6 Å². The largest absolute Gasteiger partial charge is 0.338 e. The lowest BCUT2D eigenvalue weighted by Gasteiger charge is -2.26. The molecule has 1 aromatic carbocycles. The third-order valence-corrected chi connectivity index (χ3v) is 3.06. The van der Waals surface area contributed by atoms with Crippen molar-refractivity contribution in [3.63, 3.8) is 0 Å². The number of carbonyl (C=O) groups excluding carboxylic acids is 2. The molecule has 0 spiro atoms. The van der Waals surface area contributed by atoms with Crippen LogP contribution in [0.3, 0.4) is 0 Å². The number of carbonyl (C=O) groups is 2. The van der Waals surface area contributed by atoms with Gasteiger partial charge in [0.1, 0.15) is 11.6 Å². The van der Waals surface area contributed by atoms with Crippen molar-refractivity contribution in [1.29, 1.82) is 0 Å². The topological polar surface area (TPSA) is 37.4 Å². The summed E-state index contributed by atoms with van der Waals surface area (Å²) in [6.45, 7) is 0.847. The summed E-state index contributed by atoms with van der Waals surface area (Å²) >= 11 is 5.62. The SMILES string of the molecule is O=C1CCN(C(=O)c2ccc(F)c(Cl)c2)CC1. The molecule has 2 rings (SSSR count). The molecule has 1 amide bonds. The summed E-state index contributed by atoms with van der Waals surface area (Å²) in [6.07, 6.45) is 0.779. The Morgan fingerprint density at radius 1 is 1.29 bits per heavy atom. The van der Waals surface area contributed by atoms with Crippen LogP contribution in [0.5, 0.6) is 0 Å². The molecule has 0 saturated carbocycles. The van der Waals surface area contributed by atoms with Crippen molar-refractivity contribution in [3.05, 3.63) is 34.6 Å². The smallest absolute Gasteiger partial charge is 0.253 e. The standard InChI is InChI=1S/C12H11ClFNO2/c13-10-7-8(1-2-11(10)14)12(17)15-5-3-9(16)4-6-15/h1-2,7H,3-6H2. The second-order valence-corrected chi connectivity index (χ2v) is 4.37. The molecule has 1 saturated heterocycles. The molecule has 1 aromatic rings. The lowest BCUT2D eigenvalue weighted by atomic mass is 10.1. The van der Waals surface area contributed by atoms with E-state index in [0.29, 0.717) is 31.5 Å². The van der Waals surface area contributed by atoms with Gasteiger partial charge in [-0.15, -0.1) is 0 Å². The van der Waals surface area contributed by atoms with Gasteiger partial charge >= 0.3 is 0 Å². The number of amides is 1. The van der Waals surface area contributed by atoms with Gasteiger partial charge in [-0.3, -0.25) is 9.59 Å². The van der Waals surface area contributed by atoms with Crippen molar-refractivity contribution in [3.8, 4) is 0 Å². The quantitative estimate of drug-likeness (QED) is 0.772. The van der Waals surface area contributed by atoms with Crippen molar-refractivity contribution in [2.24, 2.45) is 0 Å². The molecular weight excluding hydrogens is 245 g/mol. The second-order valence-electron chi connectivity index (χ2n) is 3.96. The van der Waals surface area contributed by atoms with Gasteiger partial charge < -0.3 is 4.90 Å². The molecule has 0 radical (unpaired) electrons. The van der Waals surface area contributed by atoms with Crippen molar-refractivity contribution >= 4 is 23.3 Å². The minimum absolute atomic E-state index is 0.0658. The fourth-order valence-electron chi connectivity index (χ4n) is 1.77. The summed E-state index contributed by atoms with van der Waals surface area (Å²) in [5.74, 6) is -0.581. The van der Waals surface area contributed by atoms with E-state index in [4.69, 9.17) is 11.6 Å². The maximum atomic E-state index is 13.0. The maximum absolute atomic E-state index is 13.0. The minimum Gasteiger partial charge on any atom is -0.338 e. The summed E-state index contributed by atoms with van der Waals surface area (Å²) in [5, 5.41) is -0.0658. The van der Waals surface area contributed by atoms with Crippen LogP contribution in [0, 0.1) is 5.82 Å². The molecule has 0 N–H and O–H groups in total. The summed E-state index contributed by atoms with van der Waals surface area (Å²) in [4.78, 5) is 24.6. The highest BCUT2D eigenvalue weighted by Crippen LogP contribution is 2.18. The van der Waals surface area contributed by atoms with Gasteiger partial charge in [-0.25, -0.2) is 4.39 Å². The van der Waals surface area contributed by atoms with Crippen molar-refractivity contribution < 1.29 is 14.0 Å². The van der Waals surface area contributed by atoms with E-state index < -0.39 is 5.82 Å². The Morgan fingerprint density at radius 3 is 2.53 bits per heavy atom. The lowest BCUT2D eigenvalue weighted by molar-refractivity contribution is -0.120. The number of Topliss-reactive ketones (excluding diaryl/α,β-unsaturated/α-hetero) is 1. The van der Waals surface area contributed by atoms with Crippen molar-refractivity contribution in [1.82, 2.24) is 4.90 Å². The second kappa shape index (κ2) is 4.84. The van der Waals surface area contributed by atoms with Gasteiger partial charge in [0, 0.05) is 31.5 Å². The number of benzene rings is 1. The molecule has 3 nitrogen and oxygen atoms in total. The maximum Gasteiger partial charge on any atom is 0.253 e. The Balaban J connectivity index is 2.14. The number of piperidine rings is 1. The van der Waals surface area contributed by atoms with Gasteiger partial charge in [0.15, 0.2) is 0 Å². The first-order valence-corrected chi connectivity index (χ1v) is 5.72. The predicted molar refractivity (Wildman–Crippen MR) is 61.6 cm³/mol. The van der Waals surface area contributed by atoms with Gasteiger partial charge in [-0.1, -0.05) is 11.6 Å². The molecule has 1 aliphatic heterocycles. The van der Waals surface area contributed by atoms with Gasteiger partial charge in [-0.05, 0) is 18.2 Å². The van der Waals surface area contributed by atoms with Crippen molar-refractivity contribution in [2.75, 3.05) is 13.1 Å². The molecule has 1 heterocycles. The highest BCUT2D eigenvalue weighted by Gasteiger charge is 2.22. The van der Waals surface area contributed by atoms with Crippen LogP contribution in [0.4, 0.5) is 4.39 Å². The summed E-state index contributed by atoms with van der Waals surface area (Å²) < 4.78 is 13.0. The van der Waals surface area contributed by atoms with E-state index in [2.05, 4.69) is 0 Å². The number of halogens is 2. The fourth-order valence-corrected chi connectivity index (χ4v) is 1.95.